The molecule has 0 spiro atoms. The summed E-state index contributed by atoms with van der Waals surface area (Å²) in [6, 6.07) is 20.4. The van der Waals surface area contributed by atoms with Crippen molar-refractivity contribution in [1.82, 2.24) is 0 Å². The lowest BCUT2D eigenvalue weighted by molar-refractivity contribution is 0.313. The quantitative estimate of drug-likeness (QED) is 0.291. The van der Waals surface area contributed by atoms with E-state index in [4.69, 9.17) is 4.74 Å². The largest absolute Gasteiger partial charge is 0.744 e. The first-order valence-corrected chi connectivity index (χ1v) is 13.3. The number of unbranched alkanes of at least 4 members (excludes halogenated alkanes) is 1. The maximum atomic E-state index is 10.3. The molecular formula is C24H28O4S2. The van der Waals surface area contributed by atoms with Crippen molar-refractivity contribution in [3.8, 4) is 5.75 Å². The minimum atomic E-state index is -4.25. The van der Waals surface area contributed by atoms with Crippen molar-refractivity contribution in [2.24, 2.45) is 0 Å². The van der Waals surface area contributed by atoms with Crippen LogP contribution in [0.1, 0.15) is 32.6 Å². The monoisotopic (exact) mass is 444 g/mol. The molecule has 0 bridgehead atoms. The van der Waals surface area contributed by atoms with Gasteiger partial charge in [-0.05, 0) is 49.6 Å². The average molecular weight is 445 g/mol. The van der Waals surface area contributed by atoms with Gasteiger partial charge in [0.05, 0.1) is 11.5 Å². The maximum absolute atomic E-state index is 10.3. The molecule has 0 saturated carbocycles. The van der Waals surface area contributed by atoms with Crippen molar-refractivity contribution in [2.75, 3.05) is 18.1 Å². The van der Waals surface area contributed by atoms with E-state index in [1.54, 1.807) is 11.0 Å². The van der Waals surface area contributed by atoms with Crippen LogP contribution in [0.2, 0.25) is 0 Å². The van der Waals surface area contributed by atoms with Crippen LogP contribution in [0.3, 0.4) is 0 Å². The lowest BCUT2D eigenvalue weighted by Gasteiger charge is -2.11. The molecule has 1 fully saturated rings. The molecule has 4 nitrogen and oxygen atoms in total. The summed E-state index contributed by atoms with van der Waals surface area (Å²) in [6.07, 6.45) is 5.10. The van der Waals surface area contributed by atoms with Crippen LogP contribution in [0.25, 0.3) is 10.8 Å². The van der Waals surface area contributed by atoms with Gasteiger partial charge in [-0.2, -0.15) is 0 Å². The van der Waals surface area contributed by atoms with E-state index in [1.165, 1.54) is 65.8 Å². The molecule has 3 aromatic rings. The Bertz CT molecular complexity index is 1040. The Morgan fingerprint density at radius 3 is 2.13 bits per heavy atom. The van der Waals surface area contributed by atoms with Crippen LogP contribution in [0.5, 0.6) is 5.75 Å². The van der Waals surface area contributed by atoms with E-state index >= 15 is 0 Å². The van der Waals surface area contributed by atoms with Crippen LogP contribution < -0.4 is 4.74 Å². The zero-order valence-corrected chi connectivity index (χ0v) is 18.9. The molecule has 0 unspecified atom stereocenters. The molecule has 0 atom stereocenters. The van der Waals surface area contributed by atoms with Crippen LogP contribution >= 0.6 is 0 Å². The number of ether oxygens (including phenoxy) is 1. The molecule has 1 heterocycles. The van der Waals surface area contributed by atoms with E-state index in [0.717, 1.165) is 18.8 Å². The molecule has 0 aromatic heterocycles. The molecule has 160 valence electrons. The molecule has 1 aliphatic heterocycles. The Morgan fingerprint density at radius 1 is 0.900 bits per heavy atom. The third kappa shape index (κ3) is 6.00. The molecule has 0 radical (unpaired) electrons. The van der Waals surface area contributed by atoms with E-state index in [2.05, 4.69) is 43.3 Å². The standard InChI is InChI=1S/C18H23OS.C6H6O3S/c1-2-3-12-19-17-10-11-18(20-13-6-7-14-20)16-9-5-4-8-15(16)17;7-10(8,9)6-4-2-1-3-5-6/h4-5,8-11H,2-3,6-7,12-14H2,1H3;1-5H,(H,7,8,9)/q+1;/p-1. The van der Waals surface area contributed by atoms with Crippen LogP contribution in [0, 0.1) is 0 Å². The second-order valence-corrected chi connectivity index (χ2v) is 10.8. The Hall–Kier alpha value is -2.02. The molecule has 1 aliphatic rings. The molecule has 3 aromatic carbocycles. The molecule has 0 amide bonds. The molecular weight excluding hydrogens is 416 g/mol. The molecule has 1 saturated heterocycles. The summed E-state index contributed by atoms with van der Waals surface area (Å²) in [7, 11) is -3.79. The zero-order chi connectivity index (χ0) is 21.4. The van der Waals surface area contributed by atoms with Gasteiger partial charge in [-0.25, -0.2) is 8.42 Å². The summed E-state index contributed by atoms with van der Waals surface area (Å²) in [5.74, 6) is 3.81. The van der Waals surface area contributed by atoms with Crippen molar-refractivity contribution >= 4 is 31.8 Å². The number of hydrogen-bond acceptors (Lipinski definition) is 4. The molecule has 0 N–H and O–H groups in total. The van der Waals surface area contributed by atoms with Crippen LogP contribution in [-0.4, -0.2) is 31.1 Å². The first kappa shape index (κ1) is 22.7. The highest BCUT2D eigenvalue weighted by atomic mass is 32.2. The van der Waals surface area contributed by atoms with Crippen LogP contribution in [0.15, 0.2) is 76.5 Å². The van der Waals surface area contributed by atoms with Gasteiger partial charge in [-0.3, -0.25) is 0 Å². The number of fused-ring (bicyclic) bond motifs is 1. The summed E-state index contributed by atoms with van der Waals surface area (Å²) >= 11 is 0. The van der Waals surface area contributed by atoms with E-state index < -0.39 is 10.1 Å². The van der Waals surface area contributed by atoms with Crippen molar-refractivity contribution in [1.29, 1.82) is 0 Å². The predicted octanol–water partition coefficient (Wildman–Crippen LogP) is 5.38. The third-order valence-electron chi connectivity index (χ3n) is 4.97. The normalized spacial score (nSPS) is 14.3. The predicted molar refractivity (Wildman–Crippen MR) is 123 cm³/mol. The second-order valence-electron chi connectivity index (χ2n) is 7.18. The summed E-state index contributed by atoms with van der Waals surface area (Å²) in [6.45, 7) is 3.03. The van der Waals surface area contributed by atoms with E-state index in [1.807, 2.05) is 0 Å². The summed E-state index contributed by atoms with van der Waals surface area (Å²) in [5, 5.41) is 2.70. The fourth-order valence-corrected chi connectivity index (χ4v) is 6.40. The van der Waals surface area contributed by atoms with Crippen LogP contribution in [-0.2, 0) is 21.0 Å². The number of benzene rings is 3. The van der Waals surface area contributed by atoms with Crippen molar-refractivity contribution in [3.63, 3.8) is 0 Å². The highest BCUT2D eigenvalue weighted by molar-refractivity contribution is 7.97. The fraction of sp³-hybridized carbons (Fsp3) is 0.333. The summed E-state index contributed by atoms with van der Waals surface area (Å²) in [5.41, 5.74) is 0. The van der Waals surface area contributed by atoms with Crippen molar-refractivity contribution < 1.29 is 17.7 Å². The average Bonchev–Trinajstić information content (AvgIpc) is 3.29. The second kappa shape index (κ2) is 10.8. The lowest BCUT2D eigenvalue weighted by atomic mass is 10.1. The van der Waals surface area contributed by atoms with E-state index in [9.17, 15) is 13.0 Å². The topological polar surface area (TPSA) is 66.4 Å². The number of hydrogen-bond donors (Lipinski definition) is 0. The van der Waals surface area contributed by atoms with Crippen LogP contribution in [0.4, 0.5) is 0 Å². The first-order chi connectivity index (χ1) is 14.5. The molecule has 4 rings (SSSR count). The Labute approximate surface area is 182 Å². The van der Waals surface area contributed by atoms with Gasteiger partial charge in [0.2, 0.25) is 0 Å². The fourth-order valence-electron chi connectivity index (χ4n) is 3.41. The number of rotatable bonds is 6. The summed E-state index contributed by atoms with van der Waals surface area (Å²) in [4.78, 5) is 1.37. The van der Waals surface area contributed by atoms with Gasteiger partial charge in [-0.15, -0.1) is 0 Å². The third-order valence-corrected chi connectivity index (χ3v) is 8.36. The Morgan fingerprint density at radius 2 is 1.53 bits per heavy atom. The molecule has 30 heavy (non-hydrogen) atoms. The highest BCUT2D eigenvalue weighted by Gasteiger charge is 2.29. The SMILES string of the molecule is CCCCOc1ccc([S+]2CCCC2)c2ccccc12.O=S(=O)([O-])c1ccccc1. The zero-order valence-electron chi connectivity index (χ0n) is 17.3. The Balaban J connectivity index is 0.000000216. The molecule has 6 heteroatoms. The Kier molecular flexibility index (Phi) is 8.19. The lowest BCUT2D eigenvalue weighted by Crippen LogP contribution is -2.05. The minimum Gasteiger partial charge on any atom is -0.744 e. The van der Waals surface area contributed by atoms with Gasteiger partial charge in [-0.1, -0.05) is 49.7 Å². The van der Waals surface area contributed by atoms with Crippen molar-refractivity contribution in [2.45, 2.75) is 42.4 Å². The van der Waals surface area contributed by atoms with Gasteiger partial charge in [0.1, 0.15) is 27.4 Å². The summed E-state index contributed by atoms with van der Waals surface area (Å²) < 4.78 is 36.8. The van der Waals surface area contributed by atoms with Gasteiger partial charge in [0.25, 0.3) is 0 Å². The van der Waals surface area contributed by atoms with Gasteiger partial charge in [0.15, 0.2) is 4.90 Å². The van der Waals surface area contributed by atoms with E-state index in [0.29, 0.717) is 10.9 Å². The smallest absolute Gasteiger partial charge is 0.162 e. The maximum Gasteiger partial charge on any atom is 0.162 e. The first-order valence-electron chi connectivity index (χ1n) is 10.3. The van der Waals surface area contributed by atoms with E-state index in [-0.39, 0.29) is 4.90 Å². The highest BCUT2D eigenvalue weighted by Crippen LogP contribution is 2.34. The van der Waals surface area contributed by atoms with Crippen molar-refractivity contribution in [3.05, 3.63) is 66.7 Å². The van der Waals surface area contributed by atoms with Gasteiger partial charge < -0.3 is 9.29 Å². The van der Waals surface area contributed by atoms with Gasteiger partial charge in [0, 0.05) is 21.7 Å². The van der Waals surface area contributed by atoms with Gasteiger partial charge >= 0.3 is 0 Å². The minimum absolute atomic E-state index is 0.185. The molecule has 0 aliphatic carbocycles.